The minimum atomic E-state index is -0.0603. The maximum Gasteiger partial charge on any atom is 0.260 e. The quantitative estimate of drug-likeness (QED) is 0.706. The van der Waals surface area contributed by atoms with Crippen molar-refractivity contribution in [1.29, 1.82) is 0 Å². The highest BCUT2D eigenvalue weighted by molar-refractivity contribution is 6.30. The van der Waals surface area contributed by atoms with Crippen LogP contribution in [0.25, 0.3) is 0 Å². The van der Waals surface area contributed by atoms with E-state index in [0.717, 1.165) is 24.8 Å². The van der Waals surface area contributed by atoms with E-state index in [9.17, 15) is 4.79 Å². The van der Waals surface area contributed by atoms with Crippen molar-refractivity contribution in [3.8, 4) is 5.75 Å². The summed E-state index contributed by atoms with van der Waals surface area (Å²) >= 11 is 5.85. The van der Waals surface area contributed by atoms with Gasteiger partial charge in [-0.1, -0.05) is 37.4 Å². The highest BCUT2D eigenvalue weighted by atomic mass is 35.5. The lowest BCUT2D eigenvalue weighted by Crippen LogP contribution is -2.35. The molecule has 0 fully saturated rings. The van der Waals surface area contributed by atoms with E-state index in [1.807, 2.05) is 25.4 Å². The van der Waals surface area contributed by atoms with Gasteiger partial charge in [-0.15, -0.1) is 0 Å². The fraction of sp³-hybridized carbons (Fsp3) is 0.368. The monoisotopic (exact) mass is 346 g/mol. The Morgan fingerprint density at radius 1 is 1.29 bits per heavy atom. The number of hydrogen-bond donors (Lipinski definition) is 0. The Morgan fingerprint density at radius 3 is 2.67 bits per heavy atom. The molecule has 0 aliphatic rings. The first-order chi connectivity index (χ1) is 11.6. The maximum atomic E-state index is 12.5. The van der Waals surface area contributed by atoms with Crippen molar-refractivity contribution in [3.63, 3.8) is 0 Å². The van der Waals surface area contributed by atoms with E-state index in [4.69, 9.17) is 16.3 Å². The van der Waals surface area contributed by atoms with Crippen molar-refractivity contribution in [2.75, 3.05) is 13.7 Å². The average molecular weight is 347 g/mol. The average Bonchev–Trinajstić information content (AvgIpc) is 2.62. The summed E-state index contributed by atoms with van der Waals surface area (Å²) in [6.07, 6.45) is 6.61. The number of hydrogen-bond acceptors (Lipinski definition) is 3. The van der Waals surface area contributed by atoms with Crippen molar-refractivity contribution in [2.24, 2.45) is 0 Å². The molecule has 2 aromatic rings. The van der Waals surface area contributed by atoms with Gasteiger partial charge in [0.1, 0.15) is 5.75 Å². The molecular formula is C19H23ClN2O2. The van der Waals surface area contributed by atoms with Crippen LogP contribution in [0.15, 0.2) is 48.8 Å². The first kappa shape index (κ1) is 18.3. The SMILES string of the molecule is CCCCC(c1cccnc1)N(C)C(=O)COc1ccc(Cl)cc1. The van der Waals surface area contributed by atoms with Crippen molar-refractivity contribution < 1.29 is 9.53 Å². The Balaban J connectivity index is 2.00. The highest BCUT2D eigenvalue weighted by Crippen LogP contribution is 2.25. The van der Waals surface area contributed by atoms with Gasteiger partial charge in [0.15, 0.2) is 6.61 Å². The zero-order valence-electron chi connectivity index (χ0n) is 14.1. The lowest BCUT2D eigenvalue weighted by Gasteiger charge is -2.28. The van der Waals surface area contributed by atoms with Crippen LogP contribution in [0.2, 0.25) is 5.02 Å². The Morgan fingerprint density at radius 2 is 2.04 bits per heavy atom. The molecule has 0 saturated heterocycles. The summed E-state index contributed by atoms with van der Waals surface area (Å²) in [5, 5.41) is 0.641. The van der Waals surface area contributed by atoms with Crippen LogP contribution in [0.1, 0.15) is 37.8 Å². The summed E-state index contributed by atoms with van der Waals surface area (Å²) in [5.74, 6) is 0.572. The molecule has 5 heteroatoms. The number of carbonyl (C=O) groups is 1. The molecule has 0 saturated carbocycles. The van der Waals surface area contributed by atoms with E-state index in [0.29, 0.717) is 10.8 Å². The van der Waals surface area contributed by atoms with E-state index in [1.54, 1.807) is 35.4 Å². The number of unbranched alkanes of at least 4 members (excludes halogenated alkanes) is 1. The van der Waals surface area contributed by atoms with Crippen LogP contribution in [-0.2, 0) is 4.79 Å². The number of benzene rings is 1. The second-order valence-corrected chi connectivity index (χ2v) is 6.13. The molecule has 1 amide bonds. The molecule has 0 N–H and O–H groups in total. The molecule has 0 bridgehead atoms. The Hall–Kier alpha value is -2.07. The van der Waals surface area contributed by atoms with E-state index in [1.165, 1.54) is 0 Å². The van der Waals surface area contributed by atoms with Crippen LogP contribution in [0, 0.1) is 0 Å². The van der Waals surface area contributed by atoms with Crippen LogP contribution in [0.5, 0.6) is 5.75 Å². The molecular weight excluding hydrogens is 324 g/mol. The molecule has 0 spiro atoms. The smallest absolute Gasteiger partial charge is 0.260 e. The topological polar surface area (TPSA) is 42.4 Å². The number of rotatable bonds is 8. The molecule has 1 unspecified atom stereocenters. The molecule has 1 heterocycles. The number of amides is 1. The summed E-state index contributed by atoms with van der Waals surface area (Å²) in [6.45, 7) is 2.15. The van der Waals surface area contributed by atoms with Gasteiger partial charge in [0, 0.05) is 24.5 Å². The van der Waals surface area contributed by atoms with Gasteiger partial charge in [0.05, 0.1) is 6.04 Å². The molecule has 2 rings (SSSR count). The first-order valence-electron chi connectivity index (χ1n) is 8.15. The van der Waals surface area contributed by atoms with Crippen molar-refractivity contribution >= 4 is 17.5 Å². The van der Waals surface area contributed by atoms with Gasteiger partial charge in [0.2, 0.25) is 0 Å². The number of carbonyl (C=O) groups excluding carboxylic acids is 1. The minimum Gasteiger partial charge on any atom is -0.484 e. The highest BCUT2D eigenvalue weighted by Gasteiger charge is 2.21. The molecule has 0 aliphatic carbocycles. The largest absolute Gasteiger partial charge is 0.484 e. The summed E-state index contributed by atoms with van der Waals surface area (Å²) in [5.41, 5.74) is 1.05. The molecule has 1 aromatic heterocycles. The zero-order valence-corrected chi connectivity index (χ0v) is 14.9. The predicted octanol–water partition coefficient (Wildman–Crippen LogP) is 4.50. The van der Waals surface area contributed by atoms with Gasteiger partial charge in [-0.05, 0) is 42.3 Å². The van der Waals surface area contributed by atoms with Crippen molar-refractivity contribution in [2.45, 2.75) is 32.2 Å². The fourth-order valence-corrected chi connectivity index (χ4v) is 2.63. The van der Waals surface area contributed by atoms with Crippen LogP contribution in [0.3, 0.4) is 0 Å². The zero-order chi connectivity index (χ0) is 17.4. The standard InChI is InChI=1S/C19H23ClN2O2/c1-3-4-7-18(15-6-5-12-21-13-15)22(2)19(23)14-24-17-10-8-16(20)9-11-17/h5-6,8-13,18H,3-4,7,14H2,1-2H3. The summed E-state index contributed by atoms with van der Waals surface area (Å²) < 4.78 is 5.57. The third-order valence-electron chi connectivity index (χ3n) is 3.94. The second kappa shape index (κ2) is 9.28. The van der Waals surface area contributed by atoms with Gasteiger partial charge in [-0.2, -0.15) is 0 Å². The van der Waals surface area contributed by atoms with Gasteiger partial charge in [0.25, 0.3) is 5.91 Å². The van der Waals surface area contributed by atoms with Crippen molar-refractivity contribution in [3.05, 3.63) is 59.4 Å². The molecule has 24 heavy (non-hydrogen) atoms. The van der Waals surface area contributed by atoms with Crippen LogP contribution < -0.4 is 4.74 Å². The molecule has 1 aromatic carbocycles. The number of ether oxygens (including phenoxy) is 1. The fourth-order valence-electron chi connectivity index (χ4n) is 2.51. The molecule has 0 radical (unpaired) electrons. The number of likely N-dealkylation sites (N-methyl/N-ethyl adjacent to an activating group) is 1. The van der Waals surface area contributed by atoms with E-state index >= 15 is 0 Å². The van der Waals surface area contributed by atoms with Gasteiger partial charge >= 0.3 is 0 Å². The number of aromatic nitrogens is 1. The van der Waals surface area contributed by atoms with Gasteiger partial charge in [-0.3, -0.25) is 9.78 Å². The van der Waals surface area contributed by atoms with Crippen LogP contribution in [-0.4, -0.2) is 29.4 Å². The number of pyridine rings is 1. The van der Waals surface area contributed by atoms with Crippen LogP contribution in [0.4, 0.5) is 0 Å². The molecule has 0 aliphatic heterocycles. The number of nitrogens with zero attached hydrogens (tertiary/aromatic N) is 2. The summed E-state index contributed by atoms with van der Waals surface area (Å²) in [6, 6.07) is 10.9. The summed E-state index contributed by atoms with van der Waals surface area (Å²) in [7, 11) is 1.82. The normalized spacial score (nSPS) is 11.8. The predicted molar refractivity (Wildman–Crippen MR) is 96.2 cm³/mol. The van der Waals surface area contributed by atoms with Gasteiger partial charge in [-0.25, -0.2) is 0 Å². The maximum absolute atomic E-state index is 12.5. The lowest BCUT2D eigenvalue weighted by atomic mass is 10.0. The Labute approximate surface area is 148 Å². The van der Waals surface area contributed by atoms with Crippen molar-refractivity contribution in [1.82, 2.24) is 9.88 Å². The second-order valence-electron chi connectivity index (χ2n) is 5.69. The third-order valence-corrected chi connectivity index (χ3v) is 4.19. The van der Waals surface area contributed by atoms with E-state index < -0.39 is 0 Å². The Bertz CT molecular complexity index is 632. The third kappa shape index (κ3) is 5.24. The van der Waals surface area contributed by atoms with E-state index in [-0.39, 0.29) is 18.6 Å². The molecule has 1 atom stereocenters. The lowest BCUT2D eigenvalue weighted by molar-refractivity contribution is -0.134. The Kier molecular flexibility index (Phi) is 7.07. The summed E-state index contributed by atoms with van der Waals surface area (Å²) in [4.78, 5) is 18.4. The molecule has 4 nitrogen and oxygen atoms in total. The minimum absolute atomic E-state index is 0.00101. The first-order valence-corrected chi connectivity index (χ1v) is 8.53. The van der Waals surface area contributed by atoms with Crippen LogP contribution >= 0.6 is 11.6 Å². The van der Waals surface area contributed by atoms with Gasteiger partial charge < -0.3 is 9.64 Å². The molecule has 128 valence electrons. The van der Waals surface area contributed by atoms with E-state index in [2.05, 4.69) is 11.9 Å². The number of halogens is 1.